The molecule has 1 fully saturated rings. The fourth-order valence-corrected chi connectivity index (χ4v) is 3.54. The van der Waals surface area contributed by atoms with Crippen molar-refractivity contribution in [1.82, 2.24) is 14.9 Å². The summed E-state index contributed by atoms with van der Waals surface area (Å²) in [4.78, 5) is 24.7. The minimum Gasteiger partial charge on any atom is -0.375 e. The lowest BCUT2D eigenvalue weighted by molar-refractivity contribution is -0.382. The van der Waals surface area contributed by atoms with Gasteiger partial charge in [-0.15, -0.1) is 0 Å². The third-order valence-corrected chi connectivity index (χ3v) is 5.08. The van der Waals surface area contributed by atoms with E-state index < -0.39 is 0 Å². The predicted molar refractivity (Wildman–Crippen MR) is 110 cm³/mol. The number of likely N-dealkylation sites (N-methyl/N-ethyl adjacent to an activating group) is 1. The largest absolute Gasteiger partial charge is 0.375 e. The average molecular weight is 378 g/mol. The van der Waals surface area contributed by atoms with Gasteiger partial charge >= 0.3 is 5.69 Å². The Bertz CT molecular complexity index is 1000. The van der Waals surface area contributed by atoms with Crippen LogP contribution in [0.4, 0.5) is 17.2 Å². The summed E-state index contributed by atoms with van der Waals surface area (Å²) in [6, 6.07) is 10.9. The molecule has 8 nitrogen and oxygen atoms in total. The summed E-state index contributed by atoms with van der Waals surface area (Å²) < 4.78 is 0. The molecule has 144 valence electrons. The van der Waals surface area contributed by atoms with Gasteiger partial charge < -0.3 is 15.1 Å². The number of hydrogen-bond acceptors (Lipinski definition) is 7. The normalized spacial score (nSPS) is 15.0. The maximum absolute atomic E-state index is 11.7. The van der Waals surface area contributed by atoms with E-state index in [1.54, 1.807) is 36.7 Å². The molecule has 0 amide bonds. The highest BCUT2D eigenvalue weighted by Crippen LogP contribution is 2.33. The summed E-state index contributed by atoms with van der Waals surface area (Å²) in [6.07, 6.45) is 3.43. The van der Waals surface area contributed by atoms with Gasteiger partial charge in [0.15, 0.2) is 0 Å². The molecule has 0 spiro atoms. The molecule has 8 heteroatoms. The molecule has 2 aromatic heterocycles. The molecule has 0 atom stereocenters. The molecule has 1 aliphatic rings. The van der Waals surface area contributed by atoms with Crippen LogP contribution in [0.1, 0.15) is 5.56 Å². The molecule has 0 aliphatic carbocycles. The Morgan fingerprint density at radius 1 is 1.07 bits per heavy atom. The second-order valence-corrected chi connectivity index (χ2v) is 6.92. The van der Waals surface area contributed by atoms with Crippen molar-refractivity contribution >= 4 is 28.1 Å². The van der Waals surface area contributed by atoms with Crippen molar-refractivity contribution in [3.8, 4) is 0 Å². The van der Waals surface area contributed by atoms with Crippen LogP contribution in [0.2, 0.25) is 0 Å². The smallest absolute Gasteiger partial charge is 0.301 e. The first-order valence-electron chi connectivity index (χ1n) is 9.27. The number of nitro benzene ring substituents is 1. The number of rotatable bonds is 5. The Morgan fingerprint density at radius 3 is 2.61 bits per heavy atom. The molecule has 3 aromatic rings. The Hall–Kier alpha value is -3.26. The van der Waals surface area contributed by atoms with E-state index in [1.807, 2.05) is 12.1 Å². The third-order valence-electron chi connectivity index (χ3n) is 5.08. The monoisotopic (exact) mass is 378 g/mol. The fourth-order valence-electron chi connectivity index (χ4n) is 3.54. The number of nitrogens with zero attached hydrogens (tertiary/aromatic N) is 5. The highest BCUT2D eigenvalue weighted by Gasteiger charge is 2.21. The number of piperazine rings is 1. The predicted octanol–water partition coefficient (Wildman–Crippen LogP) is 2.90. The molecule has 0 radical (unpaired) electrons. The van der Waals surface area contributed by atoms with Crippen LogP contribution in [0.3, 0.4) is 0 Å². The van der Waals surface area contributed by atoms with Crippen molar-refractivity contribution in [2.75, 3.05) is 43.4 Å². The molecule has 1 N–H and O–H groups in total. The van der Waals surface area contributed by atoms with Gasteiger partial charge in [0, 0.05) is 50.7 Å². The Balaban J connectivity index is 1.60. The maximum Gasteiger partial charge on any atom is 0.301 e. The highest BCUT2D eigenvalue weighted by atomic mass is 16.6. The van der Waals surface area contributed by atoms with E-state index in [1.165, 1.54) is 0 Å². The molecular weight excluding hydrogens is 356 g/mol. The lowest BCUT2D eigenvalue weighted by Crippen LogP contribution is -2.45. The SMILES string of the molecule is CN1CCN(c2ncccc2CNc2ccc3ncccc3c2[N+](=O)[O-])CC1. The second kappa shape index (κ2) is 7.77. The first-order chi connectivity index (χ1) is 13.6. The van der Waals surface area contributed by atoms with Gasteiger partial charge in [0.1, 0.15) is 11.5 Å². The Labute approximate surface area is 163 Å². The second-order valence-electron chi connectivity index (χ2n) is 6.92. The molecule has 1 aromatic carbocycles. The van der Waals surface area contributed by atoms with E-state index in [9.17, 15) is 10.1 Å². The first kappa shape index (κ1) is 18.1. The number of nitrogens with one attached hydrogen (secondary N) is 1. The molecule has 0 saturated carbocycles. The summed E-state index contributed by atoms with van der Waals surface area (Å²) in [5, 5.41) is 15.5. The van der Waals surface area contributed by atoms with Gasteiger partial charge in [-0.05, 0) is 37.4 Å². The molecule has 28 heavy (non-hydrogen) atoms. The average Bonchev–Trinajstić information content (AvgIpc) is 2.72. The number of fused-ring (bicyclic) bond motifs is 1. The standard InChI is InChI=1S/C20H22N6O2/c1-24-10-12-25(13-11-24)20-15(4-2-9-22-20)14-23-18-7-6-17-16(5-3-8-21-17)19(18)26(27)28/h2-9,23H,10-14H2,1H3. The number of nitro groups is 1. The van der Waals surface area contributed by atoms with Crippen LogP contribution in [0.15, 0.2) is 48.8 Å². The zero-order valence-electron chi connectivity index (χ0n) is 15.7. The van der Waals surface area contributed by atoms with Crippen molar-refractivity contribution in [2.24, 2.45) is 0 Å². The van der Waals surface area contributed by atoms with Crippen LogP contribution in [0.5, 0.6) is 0 Å². The summed E-state index contributed by atoms with van der Waals surface area (Å²) in [6.45, 7) is 4.28. The fraction of sp³-hybridized carbons (Fsp3) is 0.300. The van der Waals surface area contributed by atoms with Crippen molar-refractivity contribution in [1.29, 1.82) is 0 Å². The van der Waals surface area contributed by atoms with E-state index in [0.717, 1.165) is 37.6 Å². The van der Waals surface area contributed by atoms with Gasteiger partial charge in [-0.2, -0.15) is 0 Å². The number of aromatic nitrogens is 2. The van der Waals surface area contributed by atoms with E-state index in [-0.39, 0.29) is 10.6 Å². The van der Waals surface area contributed by atoms with Gasteiger partial charge in [-0.1, -0.05) is 6.07 Å². The van der Waals surface area contributed by atoms with Crippen LogP contribution in [0.25, 0.3) is 10.9 Å². The van der Waals surface area contributed by atoms with Gasteiger partial charge in [-0.3, -0.25) is 15.1 Å². The molecule has 4 rings (SSSR count). The lowest BCUT2D eigenvalue weighted by atomic mass is 10.1. The first-order valence-corrected chi connectivity index (χ1v) is 9.27. The molecule has 1 aliphatic heterocycles. The van der Waals surface area contributed by atoms with Crippen molar-refractivity contribution in [2.45, 2.75) is 6.54 Å². The summed E-state index contributed by atoms with van der Waals surface area (Å²) in [5.74, 6) is 0.938. The Morgan fingerprint density at radius 2 is 1.82 bits per heavy atom. The quantitative estimate of drug-likeness (QED) is 0.539. The van der Waals surface area contributed by atoms with Gasteiger partial charge in [0.25, 0.3) is 0 Å². The van der Waals surface area contributed by atoms with Crippen molar-refractivity contribution in [3.63, 3.8) is 0 Å². The molecular formula is C20H22N6O2. The van der Waals surface area contributed by atoms with Crippen LogP contribution in [-0.4, -0.2) is 53.0 Å². The van der Waals surface area contributed by atoms with Crippen LogP contribution >= 0.6 is 0 Å². The van der Waals surface area contributed by atoms with Gasteiger partial charge in [0.05, 0.1) is 15.8 Å². The minimum atomic E-state index is -0.350. The summed E-state index contributed by atoms with van der Waals surface area (Å²) in [7, 11) is 2.12. The summed E-state index contributed by atoms with van der Waals surface area (Å²) in [5.41, 5.74) is 2.17. The number of hydrogen-bond donors (Lipinski definition) is 1. The van der Waals surface area contributed by atoms with Gasteiger partial charge in [0.2, 0.25) is 0 Å². The number of pyridine rings is 2. The Kier molecular flexibility index (Phi) is 5.03. The van der Waals surface area contributed by atoms with E-state index >= 15 is 0 Å². The zero-order valence-corrected chi connectivity index (χ0v) is 15.7. The highest BCUT2D eigenvalue weighted by molar-refractivity contribution is 5.94. The zero-order chi connectivity index (χ0) is 19.5. The van der Waals surface area contributed by atoms with E-state index in [0.29, 0.717) is 23.1 Å². The lowest BCUT2D eigenvalue weighted by Gasteiger charge is -2.34. The maximum atomic E-state index is 11.7. The van der Waals surface area contributed by atoms with E-state index in [4.69, 9.17) is 0 Å². The molecule has 3 heterocycles. The van der Waals surface area contributed by atoms with Gasteiger partial charge in [-0.25, -0.2) is 4.98 Å². The topological polar surface area (TPSA) is 87.4 Å². The van der Waals surface area contributed by atoms with Crippen molar-refractivity contribution in [3.05, 3.63) is 64.5 Å². The van der Waals surface area contributed by atoms with Crippen LogP contribution in [-0.2, 0) is 6.54 Å². The molecule has 1 saturated heterocycles. The molecule has 0 bridgehead atoms. The third kappa shape index (κ3) is 3.59. The van der Waals surface area contributed by atoms with Crippen LogP contribution in [0, 0.1) is 10.1 Å². The van der Waals surface area contributed by atoms with Crippen molar-refractivity contribution < 1.29 is 4.92 Å². The minimum absolute atomic E-state index is 0.0515. The summed E-state index contributed by atoms with van der Waals surface area (Å²) >= 11 is 0. The van der Waals surface area contributed by atoms with Crippen LogP contribution < -0.4 is 10.2 Å². The molecule has 0 unspecified atom stereocenters. The van der Waals surface area contributed by atoms with E-state index in [2.05, 4.69) is 32.1 Å². The number of benzene rings is 1. The number of anilines is 2.